The fraction of sp³-hybridized carbons (Fsp3) is 0.219. The molecule has 4 heteroatoms. The number of nitrogens with one attached hydrogen (secondary N) is 1. The highest BCUT2D eigenvalue weighted by Crippen LogP contribution is 2.50. The van der Waals surface area contributed by atoms with Gasteiger partial charge < -0.3 is 15.0 Å². The summed E-state index contributed by atoms with van der Waals surface area (Å²) in [6, 6.07) is 28.9. The normalized spacial score (nSPS) is 13.8. The largest absolute Gasteiger partial charge is 0.457 e. The molecule has 1 unspecified atom stereocenters. The number of carbonyl (C=O) groups is 1. The van der Waals surface area contributed by atoms with Crippen LogP contribution in [0.25, 0.3) is 0 Å². The van der Waals surface area contributed by atoms with Crippen LogP contribution in [0.5, 0.6) is 11.5 Å². The molecule has 1 aliphatic heterocycles. The Morgan fingerprint density at radius 1 is 0.833 bits per heavy atom. The predicted octanol–water partition coefficient (Wildman–Crippen LogP) is 8.07. The van der Waals surface area contributed by atoms with E-state index in [0.717, 1.165) is 69.5 Å². The van der Waals surface area contributed by atoms with Crippen LogP contribution >= 0.6 is 0 Å². The first-order chi connectivity index (χ1) is 17.5. The zero-order chi connectivity index (χ0) is 25.2. The van der Waals surface area contributed by atoms with Crippen molar-refractivity contribution in [3.63, 3.8) is 0 Å². The van der Waals surface area contributed by atoms with Gasteiger partial charge in [0, 0.05) is 58.8 Å². The van der Waals surface area contributed by atoms with Gasteiger partial charge in [-0.3, -0.25) is 4.79 Å². The zero-order valence-corrected chi connectivity index (χ0v) is 21.3. The summed E-state index contributed by atoms with van der Waals surface area (Å²) in [5.41, 5.74) is 8.16. The zero-order valence-electron chi connectivity index (χ0n) is 21.3. The van der Waals surface area contributed by atoms with E-state index in [1.54, 1.807) is 6.92 Å². The third-order valence-electron chi connectivity index (χ3n) is 7.03. The molecule has 4 nitrogen and oxygen atoms in total. The quantitative estimate of drug-likeness (QED) is 0.241. The molecule has 0 bridgehead atoms. The summed E-state index contributed by atoms with van der Waals surface area (Å²) < 4.78 is 6.56. The van der Waals surface area contributed by atoms with Crippen molar-refractivity contribution < 1.29 is 9.53 Å². The topological polar surface area (TPSA) is 41.6 Å². The summed E-state index contributed by atoms with van der Waals surface area (Å²) in [6.07, 6.45) is 0. The van der Waals surface area contributed by atoms with E-state index >= 15 is 0 Å². The van der Waals surface area contributed by atoms with Crippen LogP contribution in [0.2, 0.25) is 0 Å². The van der Waals surface area contributed by atoms with E-state index in [9.17, 15) is 4.79 Å². The minimum absolute atomic E-state index is 0.0645. The van der Waals surface area contributed by atoms with Crippen molar-refractivity contribution in [2.75, 3.05) is 23.3 Å². The number of hydrogen-bond acceptors (Lipinski definition) is 4. The number of benzene rings is 4. The molecule has 1 aliphatic rings. The fourth-order valence-electron chi connectivity index (χ4n) is 5.15. The molecule has 0 saturated carbocycles. The van der Waals surface area contributed by atoms with Gasteiger partial charge in [0.15, 0.2) is 5.78 Å². The van der Waals surface area contributed by atoms with Crippen LogP contribution in [0, 0.1) is 6.92 Å². The molecular formula is C32H32N2O2. The molecular weight excluding hydrogens is 444 g/mol. The summed E-state index contributed by atoms with van der Waals surface area (Å²) in [7, 11) is 0. The Kier molecular flexibility index (Phi) is 6.51. The minimum atomic E-state index is -0.119. The molecule has 0 fully saturated rings. The van der Waals surface area contributed by atoms with Gasteiger partial charge in [-0.1, -0.05) is 48.5 Å². The van der Waals surface area contributed by atoms with Crippen molar-refractivity contribution in [1.82, 2.24) is 0 Å². The predicted molar refractivity (Wildman–Crippen MR) is 148 cm³/mol. The number of rotatable bonds is 7. The monoisotopic (exact) mass is 476 g/mol. The highest BCUT2D eigenvalue weighted by molar-refractivity contribution is 5.96. The fourth-order valence-corrected chi connectivity index (χ4v) is 5.15. The van der Waals surface area contributed by atoms with E-state index in [-0.39, 0.29) is 11.7 Å². The van der Waals surface area contributed by atoms with E-state index in [1.807, 2.05) is 36.4 Å². The molecule has 1 heterocycles. The second kappa shape index (κ2) is 9.90. The molecule has 0 amide bonds. The number of aryl methyl sites for hydroxylation is 1. The molecule has 182 valence electrons. The number of Topliss-reactive ketones (excluding diaryl/α,β-unsaturated/α-hetero) is 1. The molecule has 0 spiro atoms. The maximum Gasteiger partial charge on any atom is 0.160 e. The van der Waals surface area contributed by atoms with Crippen LogP contribution in [-0.2, 0) is 0 Å². The lowest BCUT2D eigenvalue weighted by atomic mass is 9.79. The van der Waals surface area contributed by atoms with Crippen LogP contribution in [0.3, 0.4) is 0 Å². The molecule has 0 radical (unpaired) electrons. The molecule has 36 heavy (non-hydrogen) atoms. The maximum atomic E-state index is 12.7. The van der Waals surface area contributed by atoms with E-state index in [1.165, 1.54) is 0 Å². The Bertz CT molecular complexity index is 1410. The van der Waals surface area contributed by atoms with E-state index < -0.39 is 0 Å². The van der Waals surface area contributed by atoms with Crippen molar-refractivity contribution in [2.24, 2.45) is 0 Å². The molecule has 0 aromatic heterocycles. The van der Waals surface area contributed by atoms with Crippen LogP contribution in [-0.4, -0.2) is 18.9 Å². The second-order valence-electron chi connectivity index (χ2n) is 9.27. The number of ketones is 1. The van der Waals surface area contributed by atoms with Crippen LogP contribution < -0.4 is 15.0 Å². The first-order valence-corrected chi connectivity index (χ1v) is 12.6. The van der Waals surface area contributed by atoms with Gasteiger partial charge in [-0.15, -0.1) is 0 Å². The SMILES string of the molecule is CCN(CC)c1ccc2c(c1)Oc1cc(C)c(Nc3ccccc3)cc1C2c1ccccc1C(C)=O. The van der Waals surface area contributed by atoms with Gasteiger partial charge in [-0.2, -0.15) is 0 Å². The van der Waals surface area contributed by atoms with E-state index in [2.05, 4.69) is 79.5 Å². The van der Waals surface area contributed by atoms with Crippen molar-refractivity contribution in [3.05, 3.63) is 113 Å². The average Bonchev–Trinajstić information content (AvgIpc) is 2.89. The minimum Gasteiger partial charge on any atom is -0.457 e. The number of hydrogen-bond donors (Lipinski definition) is 1. The lowest BCUT2D eigenvalue weighted by molar-refractivity contribution is 0.101. The van der Waals surface area contributed by atoms with Gasteiger partial charge in [-0.25, -0.2) is 0 Å². The van der Waals surface area contributed by atoms with E-state index in [0.29, 0.717) is 0 Å². The summed E-state index contributed by atoms with van der Waals surface area (Å²) in [6.45, 7) is 9.91. The second-order valence-corrected chi connectivity index (χ2v) is 9.27. The third-order valence-corrected chi connectivity index (χ3v) is 7.03. The lowest BCUT2D eigenvalue weighted by Crippen LogP contribution is -2.22. The molecule has 0 aliphatic carbocycles. The Labute approximate surface area is 213 Å². The molecule has 1 atom stereocenters. The van der Waals surface area contributed by atoms with Gasteiger partial charge in [0.1, 0.15) is 11.5 Å². The van der Waals surface area contributed by atoms with Crippen LogP contribution in [0.1, 0.15) is 59.3 Å². The summed E-state index contributed by atoms with van der Waals surface area (Å²) >= 11 is 0. The molecule has 4 aromatic carbocycles. The van der Waals surface area contributed by atoms with Crippen LogP contribution in [0.15, 0.2) is 84.9 Å². The van der Waals surface area contributed by atoms with Crippen molar-refractivity contribution in [2.45, 2.75) is 33.6 Å². The number of para-hydroxylation sites is 1. The first kappa shape index (κ1) is 23.7. The molecule has 0 saturated heterocycles. The summed E-state index contributed by atoms with van der Waals surface area (Å²) in [4.78, 5) is 15.0. The third kappa shape index (κ3) is 4.35. The Hall–Kier alpha value is -4.05. The average molecular weight is 477 g/mol. The van der Waals surface area contributed by atoms with Crippen LogP contribution in [0.4, 0.5) is 17.1 Å². The van der Waals surface area contributed by atoms with Gasteiger partial charge in [0.05, 0.1) is 0 Å². The van der Waals surface area contributed by atoms with Gasteiger partial charge in [0.25, 0.3) is 0 Å². The number of anilines is 3. The number of nitrogens with zero attached hydrogens (tertiary/aromatic N) is 1. The smallest absolute Gasteiger partial charge is 0.160 e. The number of carbonyl (C=O) groups excluding carboxylic acids is 1. The van der Waals surface area contributed by atoms with Crippen molar-refractivity contribution in [3.8, 4) is 11.5 Å². The van der Waals surface area contributed by atoms with Crippen molar-refractivity contribution in [1.29, 1.82) is 0 Å². The molecule has 5 rings (SSSR count). The molecule has 1 N–H and O–H groups in total. The Morgan fingerprint density at radius 2 is 1.53 bits per heavy atom. The van der Waals surface area contributed by atoms with Gasteiger partial charge in [0.2, 0.25) is 0 Å². The lowest BCUT2D eigenvalue weighted by Gasteiger charge is -2.32. The standard InChI is InChI=1S/C32H32N2O2/c1-5-34(6-2)24-16-17-27-31(19-24)36-30-18-21(3)29(33-23-12-8-7-9-13-23)20-28(30)32(27)26-15-11-10-14-25(26)22(4)35/h7-20,32-33H,5-6H2,1-4H3. The maximum absolute atomic E-state index is 12.7. The molecule has 4 aromatic rings. The number of ether oxygens (including phenoxy) is 1. The Balaban J connectivity index is 1.70. The summed E-state index contributed by atoms with van der Waals surface area (Å²) in [5, 5.41) is 3.57. The Morgan fingerprint density at radius 3 is 2.25 bits per heavy atom. The highest BCUT2D eigenvalue weighted by Gasteiger charge is 2.32. The number of fused-ring (bicyclic) bond motifs is 2. The van der Waals surface area contributed by atoms with Gasteiger partial charge in [-0.05, 0) is 69.2 Å². The first-order valence-electron chi connectivity index (χ1n) is 12.6. The highest BCUT2D eigenvalue weighted by atomic mass is 16.5. The van der Waals surface area contributed by atoms with E-state index in [4.69, 9.17) is 4.74 Å². The van der Waals surface area contributed by atoms with Gasteiger partial charge >= 0.3 is 0 Å². The summed E-state index contributed by atoms with van der Waals surface area (Å²) in [5.74, 6) is 1.62. The van der Waals surface area contributed by atoms with Crippen molar-refractivity contribution >= 4 is 22.8 Å².